The minimum absolute atomic E-state index is 0.0681. The van der Waals surface area contributed by atoms with E-state index in [0.29, 0.717) is 27.9 Å². The summed E-state index contributed by atoms with van der Waals surface area (Å²) in [6.45, 7) is 5.88. The van der Waals surface area contributed by atoms with Crippen molar-refractivity contribution < 1.29 is 8.78 Å². The van der Waals surface area contributed by atoms with Crippen molar-refractivity contribution in [1.29, 1.82) is 0 Å². The highest BCUT2D eigenvalue weighted by molar-refractivity contribution is 5.82. The Labute approximate surface area is 192 Å². The van der Waals surface area contributed by atoms with E-state index in [-0.39, 0.29) is 18.1 Å². The number of rotatable bonds is 5. The molecule has 34 heavy (non-hydrogen) atoms. The number of anilines is 2. The van der Waals surface area contributed by atoms with Crippen molar-refractivity contribution in [3.8, 4) is 0 Å². The minimum atomic E-state index is -0.771. The van der Waals surface area contributed by atoms with Crippen molar-refractivity contribution in [3.63, 3.8) is 0 Å². The summed E-state index contributed by atoms with van der Waals surface area (Å²) in [5, 5.41) is 3.51. The van der Waals surface area contributed by atoms with Crippen LogP contribution in [0.15, 0.2) is 53.8 Å². The Morgan fingerprint density at radius 3 is 2.59 bits per heavy atom. The normalized spacial score (nSPS) is 10.7. The minimum Gasteiger partial charge on any atom is -0.361 e. The van der Waals surface area contributed by atoms with Gasteiger partial charge < -0.3 is 10.3 Å². The Bertz CT molecular complexity index is 1510. The highest BCUT2D eigenvalue weighted by Crippen LogP contribution is 2.18. The standard InChI is InChI=1S/C21H16F2N8O.C2H6/c1-11-3-2-4-15-17(11)21(32)31(30-14-6-12(22)5-13(23)7-14)16(29-15)8-24-19-18-20(26-9-25-18)28-10-27-19;1-2/h2-7,9-10,30H,8H2,1H3,(H2,24,25,26,27,28);1-2H3. The van der Waals surface area contributed by atoms with Gasteiger partial charge in [-0.15, -0.1) is 0 Å². The average Bonchev–Trinajstić information content (AvgIpc) is 3.30. The fourth-order valence-corrected chi connectivity index (χ4v) is 3.48. The summed E-state index contributed by atoms with van der Waals surface area (Å²) < 4.78 is 28.6. The maximum atomic E-state index is 13.7. The van der Waals surface area contributed by atoms with E-state index in [1.807, 2.05) is 13.8 Å². The third kappa shape index (κ3) is 4.40. The molecule has 0 aliphatic carbocycles. The second kappa shape index (κ2) is 9.61. The van der Waals surface area contributed by atoms with Crippen LogP contribution in [0.5, 0.6) is 0 Å². The van der Waals surface area contributed by atoms with Crippen LogP contribution in [0.25, 0.3) is 22.1 Å². The van der Waals surface area contributed by atoms with Crippen LogP contribution in [0.2, 0.25) is 0 Å². The van der Waals surface area contributed by atoms with Crippen LogP contribution in [-0.2, 0) is 6.54 Å². The molecule has 0 bridgehead atoms. The molecular formula is C23H22F2N8O. The van der Waals surface area contributed by atoms with Crippen molar-refractivity contribution in [2.45, 2.75) is 27.3 Å². The van der Waals surface area contributed by atoms with Crippen LogP contribution in [0.4, 0.5) is 20.3 Å². The first-order valence-corrected chi connectivity index (χ1v) is 10.6. The van der Waals surface area contributed by atoms with Gasteiger partial charge in [-0.25, -0.2) is 33.4 Å². The van der Waals surface area contributed by atoms with E-state index < -0.39 is 17.2 Å². The molecule has 11 heteroatoms. The first kappa shape index (κ1) is 22.8. The number of nitrogens with zero attached hydrogens (tertiary/aromatic N) is 5. The topological polar surface area (TPSA) is 113 Å². The van der Waals surface area contributed by atoms with Gasteiger partial charge in [0.05, 0.1) is 29.5 Å². The molecule has 0 saturated heterocycles. The maximum absolute atomic E-state index is 13.7. The Balaban J connectivity index is 0.00000133. The van der Waals surface area contributed by atoms with Gasteiger partial charge in [-0.1, -0.05) is 26.0 Å². The van der Waals surface area contributed by atoms with Gasteiger partial charge in [0.1, 0.15) is 23.5 Å². The molecule has 0 radical (unpaired) electrons. The van der Waals surface area contributed by atoms with E-state index in [2.05, 4.69) is 35.7 Å². The summed E-state index contributed by atoms with van der Waals surface area (Å²) >= 11 is 0. The monoisotopic (exact) mass is 464 g/mol. The van der Waals surface area contributed by atoms with Gasteiger partial charge in [-0.2, -0.15) is 0 Å². The van der Waals surface area contributed by atoms with Crippen LogP contribution in [0.3, 0.4) is 0 Å². The number of aromatic amines is 1. The molecule has 0 amide bonds. The lowest BCUT2D eigenvalue weighted by Gasteiger charge is -2.17. The van der Waals surface area contributed by atoms with Gasteiger partial charge in [-0.05, 0) is 30.7 Å². The highest BCUT2D eigenvalue weighted by Gasteiger charge is 2.15. The number of fused-ring (bicyclic) bond motifs is 2. The van der Waals surface area contributed by atoms with E-state index in [0.717, 1.165) is 23.8 Å². The summed E-state index contributed by atoms with van der Waals surface area (Å²) in [7, 11) is 0. The lowest BCUT2D eigenvalue weighted by Crippen LogP contribution is -2.32. The Kier molecular flexibility index (Phi) is 6.44. The summed E-state index contributed by atoms with van der Waals surface area (Å²) in [6, 6.07) is 8.27. The largest absolute Gasteiger partial charge is 0.361 e. The molecule has 3 N–H and O–H groups in total. The van der Waals surface area contributed by atoms with Crippen LogP contribution < -0.4 is 16.3 Å². The van der Waals surface area contributed by atoms with Gasteiger partial charge in [-0.3, -0.25) is 10.2 Å². The SMILES string of the molecule is CC.Cc1cccc2nc(CNc3ncnc4nc[nH]c34)n(Nc3cc(F)cc(F)c3)c(=O)c12. The number of aromatic nitrogens is 6. The van der Waals surface area contributed by atoms with E-state index in [4.69, 9.17) is 0 Å². The Morgan fingerprint density at radius 2 is 1.82 bits per heavy atom. The molecule has 2 aromatic carbocycles. The molecule has 0 unspecified atom stereocenters. The molecule has 9 nitrogen and oxygen atoms in total. The van der Waals surface area contributed by atoms with E-state index >= 15 is 0 Å². The lowest BCUT2D eigenvalue weighted by molar-refractivity contribution is 0.583. The summed E-state index contributed by atoms with van der Waals surface area (Å²) in [6.07, 6.45) is 2.86. The summed E-state index contributed by atoms with van der Waals surface area (Å²) in [5.74, 6) is -0.793. The van der Waals surface area contributed by atoms with Crippen molar-refractivity contribution in [2.24, 2.45) is 0 Å². The molecule has 3 aromatic heterocycles. The van der Waals surface area contributed by atoms with Crippen LogP contribution in [0, 0.1) is 18.6 Å². The molecule has 3 heterocycles. The lowest BCUT2D eigenvalue weighted by atomic mass is 10.1. The number of imidazole rings is 1. The molecule has 0 aliphatic rings. The van der Waals surface area contributed by atoms with Gasteiger partial charge in [0.15, 0.2) is 17.3 Å². The van der Waals surface area contributed by atoms with Crippen LogP contribution in [-0.4, -0.2) is 29.6 Å². The Hall–Kier alpha value is -4.41. The quantitative estimate of drug-likeness (QED) is 0.358. The number of hydrogen-bond donors (Lipinski definition) is 3. The fraction of sp³-hybridized carbons (Fsp3) is 0.174. The molecule has 0 spiro atoms. The van der Waals surface area contributed by atoms with Crippen molar-refractivity contribution >= 4 is 33.6 Å². The van der Waals surface area contributed by atoms with Crippen molar-refractivity contribution in [3.05, 3.63) is 82.4 Å². The number of hydrogen-bond acceptors (Lipinski definition) is 7. The number of H-pyrrole nitrogens is 1. The Morgan fingerprint density at radius 1 is 1.06 bits per heavy atom. The molecule has 174 valence electrons. The van der Waals surface area contributed by atoms with Gasteiger partial charge >= 0.3 is 0 Å². The van der Waals surface area contributed by atoms with Gasteiger partial charge in [0, 0.05) is 6.07 Å². The molecule has 0 fully saturated rings. The predicted octanol–water partition coefficient (Wildman–Crippen LogP) is 4.16. The zero-order valence-corrected chi connectivity index (χ0v) is 18.7. The number of halogens is 2. The number of aryl methyl sites for hydroxylation is 1. The molecule has 0 atom stereocenters. The second-order valence-corrected chi connectivity index (χ2v) is 7.08. The van der Waals surface area contributed by atoms with Gasteiger partial charge in [0.25, 0.3) is 5.56 Å². The first-order valence-electron chi connectivity index (χ1n) is 10.6. The predicted molar refractivity (Wildman–Crippen MR) is 126 cm³/mol. The first-order chi connectivity index (χ1) is 16.5. The number of benzene rings is 2. The maximum Gasteiger partial charge on any atom is 0.280 e. The van der Waals surface area contributed by atoms with Gasteiger partial charge in [0.2, 0.25) is 0 Å². The third-order valence-corrected chi connectivity index (χ3v) is 4.92. The van der Waals surface area contributed by atoms with E-state index in [1.54, 1.807) is 25.1 Å². The summed E-state index contributed by atoms with van der Waals surface area (Å²) in [5.41, 5.74) is 4.76. The van der Waals surface area contributed by atoms with Crippen LogP contribution in [0.1, 0.15) is 25.2 Å². The third-order valence-electron chi connectivity index (χ3n) is 4.92. The van der Waals surface area contributed by atoms with Crippen molar-refractivity contribution in [1.82, 2.24) is 29.6 Å². The summed E-state index contributed by atoms with van der Waals surface area (Å²) in [4.78, 5) is 33.2. The second-order valence-electron chi connectivity index (χ2n) is 7.08. The molecule has 0 aliphatic heterocycles. The van der Waals surface area contributed by atoms with Crippen LogP contribution >= 0.6 is 0 Å². The molecule has 0 saturated carbocycles. The molecular weight excluding hydrogens is 442 g/mol. The van der Waals surface area contributed by atoms with E-state index in [1.165, 1.54) is 17.3 Å². The highest BCUT2D eigenvalue weighted by atomic mass is 19.1. The van der Waals surface area contributed by atoms with E-state index in [9.17, 15) is 13.6 Å². The fourth-order valence-electron chi connectivity index (χ4n) is 3.48. The number of nitrogens with one attached hydrogen (secondary N) is 3. The molecule has 5 rings (SSSR count). The molecule has 5 aromatic rings. The average molecular weight is 464 g/mol. The van der Waals surface area contributed by atoms with Crippen molar-refractivity contribution in [2.75, 3.05) is 10.7 Å². The zero-order chi connectivity index (χ0) is 24.2. The smallest absolute Gasteiger partial charge is 0.280 e. The zero-order valence-electron chi connectivity index (χ0n) is 18.7.